The Morgan fingerprint density at radius 2 is 1.88 bits per heavy atom. The summed E-state index contributed by atoms with van der Waals surface area (Å²) in [6.07, 6.45) is 1.70. The highest BCUT2D eigenvalue weighted by molar-refractivity contribution is 7.99. The van der Waals surface area contributed by atoms with Crippen LogP contribution >= 0.6 is 11.8 Å². The van der Waals surface area contributed by atoms with Crippen LogP contribution in [-0.2, 0) is 4.79 Å². The zero-order valence-corrected chi connectivity index (χ0v) is 18.1. The minimum Gasteiger partial charge on any atom is -0.481 e. The molecule has 0 saturated heterocycles. The largest absolute Gasteiger partial charge is 0.481 e. The van der Waals surface area contributed by atoms with Crippen molar-refractivity contribution < 1.29 is 14.3 Å². The lowest BCUT2D eigenvalue weighted by molar-refractivity contribution is -0.133. The molecule has 2 aromatic carbocycles. The van der Waals surface area contributed by atoms with Crippen molar-refractivity contribution in [3.8, 4) is 22.5 Å². The van der Waals surface area contributed by atoms with Gasteiger partial charge in [0, 0.05) is 23.4 Å². The van der Waals surface area contributed by atoms with Crippen molar-refractivity contribution in [3.63, 3.8) is 0 Å². The molecule has 0 radical (unpaired) electrons. The van der Waals surface area contributed by atoms with Gasteiger partial charge in [0.2, 0.25) is 0 Å². The third-order valence-corrected chi connectivity index (χ3v) is 5.70. The number of aromatic amines is 1. The van der Waals surface area contributed by atoms with Crippen LogP contribution < -0.4 is 5.32 Å². The van der Waals surface area contributed by atoms with Crippen LogP contribution in [0.2, 0.25) is 0 Å². The fourth-order valence-corrected chi connectivity index (χ4v) is 3.88. The summed E-state index contributed by atoms with van der Waals surface area (Å²) in [5.41, 5.74) is 4.02. The summed E-state index contributed by atoms with van der Waals surface area (Å²) in [6, 6.07) is 19.9. The first-order valence-corrected chi connectivity index (χ1v) is 11.0. The molecule has 6 nitrogen and oxygen atoms in total. The summed E-state index contributed by atoms with van der Waals surface area (Å²) in [4.78, 5) is 23.2. The fourth-order valence-electron chi connectivity index (χ4n) is 3.29. The van der Waals surface area contributed by atoms with Gasteiger partial charge in [0.25, 0.3) is 0 Å². The third kappa shape index (κ3) is 5.15. The van der Waals surface area contributed by atoms with Gasteiger partial charge in [0.15, 0.2) is 5.16 Å². The van der Waals surface area contributed by atoms with Gasteiger partial charge in [-0.2, -0.15) is 0 Å². The van der Waals surface area contributed by atoms with Crippen molar-refractivity contribution in [1.29, 1.82) is 0 Å². The van der Waals surface area contributed by atoms with Crippen LogP contribution in [0.15, 0.2) is 78.1 Å². The van der Waals surface area contributed by atoms with E-state index in [1.807, 2.05) is 30.3 Å². The van der Waals surface area contributed by atoms with Crippen LogP contribution in [0.4, 0.5) is 10.2 Å². The lowest BCUT2D eigenvalue weighted by Gasteiger charge is -2.15. The predicted octanol–water partition coefficient (Wildman–Crippen LogP) is 5.63. The molecule has 0 aliphatic rings. The number of pyridine rings is 1. The molecule has 0 amide bonds. The average molecular weight is 449 g/mol. The Morgan fingerprint density at radius 1 is 1.12 bits per heavy atom. The monoisotopic (exact) mass is 448 g/mol. The Balaban J connectivity index is 1.67. The summed E-state index contributed by atoms with van der Waals surface area (Å²) in [5.74, 6) is -0.690. The number of thioether (sulfide) groups is 1. The van der Waals surface area contributed by atoms with Crippen LogP contribution in [0.5, 0.6) is 0 Å². The highest BCUT2D eigenvalue weighted by Crippen LogP contribution is 2.34. The van der Waals surface area contributed by atoms with E-state index in [9.17, 15) is 9.18 Å². The molecule has 4 aromatic rings. The number of anilines is 1. The van der Waals surface area contributed by atoms with E-state index < -0.39 is 5.97 Å². The van der Waals surface area contributed by atoms with Gasteiger partial charge >= 0.3 is 5.97 Å². The standard InChI is InChI=1S/C24H21FN4O2S/c1-15(16-5-3-2-4-6-16)27-20-13-18(11-12-26-20)23-22(17-7-9-19(25)10-8-17)28-24(29-23)32-14-21(30)31/h2-13,15H,14H2,1H3,(H,26,27)(H,28,29)(H,30,31). The van der Waals surface area contributed by atoms with Crippen molar-refractivity contribution >= 4 is 23.5 Å². The van der Waals surface area contributed by atoms with Crippen molar-refractivity contribution in [3.05, 3.63) is 84.3 Å². The topological polar surface area (TPSA) is 90.9 Å². The Hall–Kier alpha value is -3.65. The summed E-state index contributed by atoms with van der Waals surface area (Å²) >= 11 is 1.10. The number of H-pyrrole nitrogens is 1. The van der Waals surface area contributed by atoms with E-state index in [0.717, 1.165) is 28.5 Å². The van der Waals surface area contributed by atoms with E-state index in [1.165, 1.54) is 12.1 Å². The maximum absolute atomic E-state index is 13.4. The number of carboxylic acids is 1. The van der Waals surface area contributed by atoms with Gasteiger partial charge in [-0.3, -0.25) is 4.79 Å². The van der Waals surface area contributed by atoms with Crippen LogP contribution in [0.1, 0.15) is 18.5 Å². The normalized spacial score (nSPS) is 11.8. The molecule has 0 bridgehead atoms. The summed E-state index contributed by atoms with van der Waals surface area (Å²) < 4.78 is 13.4. The molecule has 0 aliphatic heterocycles. The molecule has 162 valence electrons. The average Bonchev–Trinajstić information content (AvgIpc) is 3.23. The number of hydrogen-bond donors (Lipinski definition) is 3. The third-order valence-electron chi connectivity index (χ3n) is 4.84. The van der Waals surface area contributed by atoms with Crippen LogP contribution in [-0.4, -0.2) is 31.8 Å². The minimum atomic E-state index is -0.929. The van der Waals surface area contributed by atoms with Crippen molar-refractivity contribution in [2.75, 3.05) is 11.1 Å². The van der Waals surface area contributed by atoms with E-state index in [-0.39, 0.29) is 17.6 Å². The van der Waals surface area contributed by atoms with Gasteiger partial charge in [0.1, 0.15) is 11.6 Å². The van der Waals surface area contributed by atoms with Crippen LogP contribution in [0, 0.1) is 5.82 Å². The second-order valence-corrected chi connectivity index (χ2v) is 8.13. The lowest BCUT2D eigenvalue weighted by atomic mass is 10.1. The van der Waals surface area contributed by atoms with Crippen molar-refractivity contribution in [2.45, 2.75) is 18.1 Å². The Morgan fingerprint density at radius 3 is 2.59 bits per heavy atom. The first-order valence-electron chi connectivity index (χ1n) is 9.98. The van der Waals surface area contributed by atoms with E-state index in [4.69, 9.17) is 5.11 Å². The summed E-state index contributed by atoms with van der Waals surface area (Å²) in [7, 11) is 0. The first kappa shape index (κ1) is 21.6. The minimum absolute atomic E-state index is 0.0546. The Bertz CT molecular complexity index is 1210. The molecular formula is C24H21FN4O2S. The van der Waals surface area contributed by atoms with Gasteiger partial charge in [-0.1, -0.05) is 42.1 Å². The second-order valence-electron chi connectivity index (χ2n) is 7.16. The van der Waals surface area contributed by atoms with Gasteiger partial charge in [-0.25, -0.2) is 14.4 Å². The lowest BCUT2D eigenvalue weighted by Crippen LogP contribution is -2.07. The van der Waals surface area contributed by atoms with Gasteiger partial charge in [-0.05, 0) is 48.9 Å². The molecule has 4 rings (SSSR count). The quantitative estimate of drug-likeness (QED) is 0.303. The number of carbonyl (C=O) groups is 1. The van der Waals surface area contributed by atoms with E-state index in [1.54, 1.807) is 18.3 Å². The zero-order chi connectivity index (χ0) is 22.5. The van der Waals surface area contributed by atoms with Gasteiger partial charge in [0.05, 0.1) is 17.1 Å². The number of halogens is 1. The molecule has 8 heteroatoms. The molecular weight excluding hydrogens is 427 g/mol. The maximum atomic E-state index is 13.4. The predicted molar refractivity (Wildman–Crippen MR) is 124 cm³/mol. The SMILES string of the molecule is CC(Nc1cc(-c2[nH]c(SCC(=O)O)nc2-c2ccc(F)cc2)ccn1)c1ccccc1. The number of aromatic nitrogens is 3. The number of carboxylic acid groups (broad SMARTS) is 1. The van der Waals surface area contributed by atoms with Gasteiger partial charge in [-0.15, -0.1) is 0 Å². The van der Waals surface area contributed by atoms with Crippen LogP contribution in [0.3, 0.4) is 0 Å². The molecule has 0 saturated carbocycles. The Kier molecular flexibility index (Phi) is 6.51. The zero-order valence-electron chi connectivity index (χ0n) is 17.2. The Labute approximate surface area is 189 Å². The molecule has 0 spiro atoms. The number of benzene rings is 2. The molecule has 1 atom stereocenters. The summed E-state index contributed by atoms with van der Waals surface area (Å²) in [6.45, 7) is 2.06. The number of nitrogens with zero attached hydrogens (tertiary/aromatic N) is 2. The first-order chi connectivity index (χ1) is 15.5. The van der Waals surface area contributed by atoms with Crippen molar-refractivity contribution in [1.82, 2.24) is 15.0 Å². The molecule has 2 heterocycles. The maximum Gasteiger partial charge on any atom is 0.313 e. The molecule has 2 aromatic heterocycles. The number of hydrogen-bond acceptors (Lipinski definition) is 5. The number of imidazole rings is 1. The van der Waals surface area contributed by atoms with Gasteiger partial charge < -0.3 is 15.4 Å². The van der Waals surface area contributed by atoms with E-state index in [0.29, 0.717) is 22.4 Å². The molecule has 32 heavy (non-hydrogen) atoms. The molecule has 0 aliphatic carbocycles. The summed E-state index contributed by atoms with van der Waals surface area (Å²) in [5, 5.41) is 12.9. The smallest absolute Gasteiger partial charge is 0.313 e. The van der Waals surface area contributed by atoms with E-state index >= 15 is 0 Å². The molecule has 3 N–H and O–H groups in total. The molecule has 1 unspecified atom stereocenters. The molecule has 0 fully saturated rings. The second kappa shape index (κ2) is 9.65. The number of nitrogens with one attached hydrogen (secondary N) is 2. The van der Waals surface area contributed by atoms with Crippen LogP contribution in [0.25, 0.3) is 22.5 Å². The fraction of sp³-hybridized carbons (Fsp3) is 0.125. The highest BCUT2D eigenvalue weighted by atomic mass is 32.2. The van der Waals surface area contributed by atoms with Crippen molar-refractivity contribution in [2.24, 2.45) is 0 Å². The number of aliphatic carboxylic acids is 1. The van der Waals surface area contributed by atoms with E-state index in [2.05, 4.69) is 39.3 Å². The highest BCUT2D eigenvalue weighted by Gasteiger charge is 2.16. The number of rotatable bonds is 8.